The van der Waals surface area contributed by atoms with Crippen molar-refractivity contribution in [1.82, 2.24) is 0 Å². The second-order valence-electron chi connectivity index (χ2n) is 6.14. The Bertz CT molecular complexity index is 1050. The van der Waals surface area contributed by atoms with E-state index in [0.29, 0.717) is 6.54 Å². The summed E-state index contributed by atoms with van der Waals surface area (Å²) in [6.07, 6.45) is 1.98. The predicted molar refractivity (Wildman–Crippen MR) is 97.2 cm³/mol. The van der Waals surface area contributed by atoms with Crippen LogP contribution in [0.3, 0.4) is 0 Å². The molecule has 124 valence electrons. The standard InChI is InChI=1S/C22H18NO.BrH/c1-16-8-10-18(11-9-16)22(24)15-23-14-4-7-20-19-6-3-2-5-17(19)12-13-21(20)23;/h2-14H,15H2,1H3;1H/q+1;/p-1. The Hall–Kier alpha value is -2.52. The summed E-state index contributed by atoms with van der Waals surface area (Å²) in [4.78, 5) is 12.6. The number of nitrogens with zero attached hydrogens (tertiary/aromatic N) is 1. The maximum Gasteiger partial charge on any atom is 0.227 e. The number of benzene rings is 3. The van der Waals surface area contributed by atoms with Gasteiger partial charge in [-0.25, -0.2) is 0 Å². The normalized spacial score (nSPS) is 10.6. The molecular weight excluding hydrogens is 374 g/mol. The summed E-state index contributed by atoms with van der Waals surface area (Å²) in [5.74, 6) is 0.126. The van der Waals surface area contributed by atoms with Crippen LogP contribution in [0, 0.1) is 6.92 Å². The van der Waals surface area contributed by atoms with E-state index in [1.807, 2.05) is 54.1 Å². The van der Waals surface area contributed by atoms with Crippen molar-refractivity contribution in [2.75, 3.05) is 0 Å². The number of pyridine rings is 1. The Kier molecular flexibility index (Phi) is 4.95. The number of hydrogen-bond donors (Lipinski definition) is 0. The molecule has 0 fully saturated rings. The molecule has 1 aromatic heterocycles. The van der Waals surface area contributed by atoms with Gasteiger partial charge in [-0.15, -0.1) is 0 Å². The molecule has 2 nitrogen and oxygen atoms in total. The number of ketones is 1. The highest BCUT2D eigenvalue weighted by Crippen LogP contribution is 2.22. The minimum atomic E-state index is 0. The zero-order chi connectivity index (χ0) is 16.5. The average molecular weight is 392 g/mol. The van der Waals surface area contributed by atoms with Crippen LogP contribution in [0.4, 0.5) is 0 Å². The fourth-order valence-electron chi connectivity index (χ4n) is 3.16. The van der Waals surface area contributed by atoms with Crippen LogP contribution < -0.4 is 21.5 Å². The van der Waals surface area contributed by atoms with E-state index in [1.165, 1.54) is 16.2 Å². The molecule has 0 aliphatic heterocycles. The molecule has 0 saturated carbocycles. The highest BCUT2D eigenvalue weighted by molar-refractivity contribution is 6.05. The first-order chi connectivity index (χ1) is 11.7. The van der Waals surface area contributed by atoms with Crippen LogP contribution >= 0.6 is 0 Å². The molecule has 0 aliphatic rings. The lowest BCUT2D eigenvalue weighted by atomic mass is 10.0. The molecule has 4 aromatic rings. The van der Waals surface area contributed by atoms with Gasteiger partial charge < -0.3 is 17.0 Å². The molecule has 3 heteroatoms. The van der Waals surface area contributed by atoms with Gasteiger partial charge in [-0.2, -0.15) is 4.57 Å². The van der Waals surface area contributed by atoms with Gasteiger partial charge in [0.1, 0.15) is 0 Å². The van der Waals surface area contributed by atoms with Crippen molar-refractivity contribution in [1.29, 1.82) is 0 Å². The molecule has 0 unspecified atom stereocenters. The van der Waals surface area contributed by atoms with Gasteiger partial charge in [0, 0.05) is 17.7 Å². The molecule has 0 bridgehead atoms. The first-order valence-corrected chi connectivity index (χ1v) is 8.12. The zero-order valence-electron chi connectivity index (χ0n) is 13.9. The topological polar surface area (TPSA) is 20.9 Å². The number of halogens is 1. The van der Waals surface area contributed by atoms with E-state index in [2.05, 4.69) is 36.4 Å². The molecular formula is C22H18BrNO. The van der Waals surface area contributed by atoms with Gasteiger partial charge in [-0.1, -0.05) is 54.1 Å². The van der Waals surface area contributed by atoms with Crippen LogP contribution in [-0.4, -0.2) is 5.78 Å². The molecule has 0 spiro atoms. The summed E-state index contributed by atoms with van der Waals surface area (Å²) in [7, 11) is 0. The van der Waals surface area contributed by atoms with E-state index in [9.17, 15) is 4.79 Å². The van der Waals surface area contributed by atoms with Gasteiger partial charge in [0.05, 0.1) is 5.39 Å². The molecule has 1 heterocycles. The fraction of sp³-hybridized carbons (Fsp3) is 0.0909. The summed E-state index contributed by atoms with van der Waals surface area (Å²) >= 11 is 0. The lowest BCUT2D eigenvalue weighted by Crippen LogP contribution is -3.00. The van der Waals surface area contributed by atoms with Crippen LogP contribution in [0.15, 0.2) is 79.0 Å². The number of aromatic nitrogens is 1. The van der Waals surface area contributed by atoms with Gasteiger partial charge in [-0.05, 0) is 29.8 Å². The monoisotopic (exact) mass is 391 g/mol. The Morgan fingerprint density at radius 2 is 1.56 bits per heavy atom. The lowest BCUT2D eigenvalue weighted by molar-refractivity contribution is -0.657. The Labute approximate surface area is 157 Å². The molecule has 0 atom stereocenters. The summed E-state index contributed by atoms with van der Waals surface area (Å²) in [5.41, 5.74) is 3.00. The van der Waals surface area contributed by atoms with Gasteiger partial charge in [-0.3, -0.25) is 4.79 Å². The second kappa shape index (κ2) is 7.16. The number of aryl methyl sites for hydroxylation is 1. The molecule has 0 saturated heterocycles. The molecule has 0 radical (unpaired) electrons. The minimum absolute atomic E-state index is 0. The van der Waals surface area contributed by atoms with Crippen molar-refractivity contribution in [3.63, 3.8) is 0 Å². The smallest absolute Gasteiger partial charge is 0.227 e. The third-order valence-corrected chi connectivity index (χ3v) is 4.47. The van der Waals surface area contributed by atoms with E-state index in [0.717, 1.165) is 16.6 Å². The summed E-state index contributed by atoms with van der Waals surface area (Å²) in [6, 6.07) is 24.4. The average Bonchev–Trinajstić information content (AvgIpc) is 2.62. The Morgan fingerprint density at radius 3 is 2.36 bits per heavy atom. The van der Waals surface area contributed by atoms with Crippen molar-refractivity contribution >= 4 is 27.5 Å². The number of fused-ring (bicyclic) bond motifs is 3. The Balaban J connectivity index is 0.00000182. The second-order valence-corrected chi connectivity index (χ2v) is 6.14. The first kappa shape index (κ1) is 17.3. The van der Waals surface area contributed by atoms with E-state index >= 15 is 0 Å². The van der Waals surface area contributed by atoms with Crippen LogP contribution in [0.2, 0.25) is 0 Å². The van der Waals surface area contributed by atoms with E-state index < -0.39 is 0 Å². The zero-order valence-corrected chi connectivity index (χ0v) is 15.5. The Morgan fingerprint density at radius 1 is 0.840 bits per heavy atom. The van der Waals surface area contributed by atoms with Gasteiger partial charge in [0.15, 0.2) is 6.20 Å². The van der Waals surface area contributed by atoms with Gasteiger partial charge in [0.25, 0.3) is 0 Å². The first-order valence-electron chi connectivity index (χ1n) is 8.12. The SMILES string of the molecule is Cc1ccc(C(=O)C[n+]2cccc3c4ccccc4ccc32)cc1.[Br-]. The van der Waals surface area contributed by atoms with E-state index in [1.54, 1.807) is 0 Å². The van der Waals surface area contributed by atoms with Crippen molar-refractivity contribution in [3.05, 3.63) is 90.1 Å². The summed E-state index contributed by atoms with van der Waals surface area (Å²) in [5, 5.41) is 3.60. The third-order valence-electron chi connectivity index (χ3n) is 4.47. The largest absolute Gasteiger partial charge is 1.00 e. The number of carbonyl (C=O) groups is 1. The number of carbonyl (C=O) groups excluding carboxylic acids is 1. The van der Waals surface area contributed by atoms with Crippen LogP contribution in [0.5, 0.6) is 0 Å². The highest BCUT2D eigenvalue weighted by atomic mass is 79.9. The molecule has 0 aliphatic carbocycles. The maximum atomic E-state index is 12.6. The van der Waals surface area contributed by atoms with Gasteiger partial charge >= 0.3 is 0 Å². The lowest BCUT2D eigenvalue weighted by Gasteiger charge is -2.05. The van der Waals surface area contributed by atoms with Gasteiger partial charge in [0.2, 0.25) is 17.8 Å². The molecule has 0 amide bonds. The van der Waals surface area contributed by atoms with Crippen molar-refractivity contribution in [2.24, 2.45) is 0 Å². The highest BCUT2D eigenvalue weighted by Gasteiger charge is 2.16. The number of hydrogen-bond acceptors (Lipinski definition) is 1. The number of rotatable bonds is 3. The van der Waals surface area contributed by atoms with E-state index in [4.69, 9.17) is 0 Å². The summed E-state index contributed by atoms with van der Waals surface area (Å²) < 4.78 is 2.03. The quantitative estimate of drug-likeness (QED) is 0.294. The molecule has 25 heavy (non-hydrogen) atoms. The van der Waals surface area contributed by atoms with Crippen molar-refractivity contribution in [3.8, 4) is 0 Å². The van der Waals surface area contributed by atoms with Crippen molar-refractivity contribution in [2.45, 2.75) is 13.5 Å². The van der Waals surface area contributed by atoms with Crippen molar-refractivity contribution < 1.29 is 26.3 Å². The van der Waals surface area contributed by atoms with Crippen LogP contribution in [-0.2, 0) is 6.54 Å². The molecule has 4 rings (SSSR count). The molecule has 3 aromatic carbocycles. The molecule has 0 N–H and O–H groups in total. The van der Waals surface area contributed by atoms with E-state index in [-0.39, 0.29) is 22.8 Å². The minimum Gasteiger partial charge on any atom is -1.00 e. The maximum absolute atomic E-state index is 12.6. The number of Topliss-reactive ketones (excluding diaryl/α,β-unsaturated/α-hetero) is 1. The summed E-state index contributed by atoms with van der Waals surface area (Å²) in [6.45, 7) is 2.37. The van der Waals surface area contributed by atoms with Crippen LogP contribution in [0.1, 0.15) is 15.9 Å². The predicted octanol–water partition coefficient (Wildman–Crippen LogP) is 1.48. The van der Waals surface area contributed by atoms with Crippen LogP contribution in [0.25, 0.3) is 21.7 Å². The fourth-order valence-corrected chi connectivity index (χ4v) is 3.16. The third kappa shape index (κ3) is 3.33.